The molecule has 0 unspecified atom stereocenters. The van der Waals surface area contributed by atoms with Crippen LogP contribution in [0.5, 0.6) is 0 Å². The minimum absolute atomic E-state index is 0.121. The number of aromatic nitrogens is 1. The SMILES string of the molecule is NCC1(NC(=O)CCCCc2nc3ccccc3s2)CCCC1. The smallest absolute Gasteiger partial charge is 0.220 e. The van der Waals surface area contributed by atoms with Gasteiger partial charge in [0, 0.05) is 13.0 Å². The lowest BCUT2D eigenvalue weighted by Gasteiger charge is -2.28. The maximum Gasteiger partial charge on any atom is 0.220 e. The molecule has 1 amide bonds. The fraction of sp³-hybridized carbons (Fsp3) is 0.556. The van der Waals surface area contributed by atoms with E-state index in [2.05, 4.69) is 22.4 Å². The summed E-state index contributed by atoms with van der Waals surface area (Å²) in [5, 5.41) is 4.35. The van der Waals surface area contributed by atoms with Gasteiger partial charge in [0.2, 0.25) is 5.91 Å². The number of hydrogen-bond donors (Lipinski definition) is 2. The van der Waals surface area contributed by atoms with E-state index < -0.39 is 0 Å². The van der Waals surface area contributed by atoms with Crippen molar-refractivity contribution < 1.29 is 4.79 Å². The van der Waals surface area contributed by atoms with E-state index in [1.807, 2.05) is 12.1 Å². The number of carbonyl (C=O) groups is 1. The maximum absolute atomic E-state index is 12.1. The van der Waals surface area contributed by atoms with Crippen LogP contribution in [0.1, 0.15) is 50.0 Å². The molecule has 0 radical (unpaired) electrons. The van der Waals surface area contributed by atoms with Crippen molar-refractivity contribution in [3.8, 4) is 0 Å². The van der Waals surface area contributed by atoms with Gasteiger partial charge in [-0.3, -0.25) is 4.79 Å². The molecule has 1 saturated carbocycles. The number of nitrogens with two attached hydrogens (primary N) is 1. The number of rotatable bonds is 7. The van der Waals surface area contributed by atoms with E-state index in [4.69, 9.17) is 5.73 Å². The van der Waals surface area contributed by atoms with Crippen molar-refractivity contribution in [3.63, 3.8) is 0 Å². The first-order valence-corrected chi connectivity index (χ1v) is 9.38. The second-order valence-corrected chi connectivity index (χ2v) is 7.64. The lowest BCUT2D eigenvalue weighted by atomic mass is 9.97. The zero-order valence-corrected chi connectivity index (χ0v) is 14.3. The molecule has 1 fully saturated rings. The van der Waals surface area contributed by atoms with E-state index in [1.165, 1.54) is 22.5 Å². The Kier molecular flexibility index (Phi) is 5.28. The van der Waals surface area contributed by atoms with Crippen molar-refractivity contribution in [3.05, 3.63) is 29.3 Å². The number of aryl methyl sites for hydroxylation is 1. The van der Waals surface area contributed by atoms with Gasteiger partial charge in [0.1, 0.15) is 0 Å². The highest BCUT2D eigenvalue weighted by atomic mass is 32.1. The molecule has 2 aromatic rings. The van der Waals surface area contributed by atoms with Gasteiger partial charge < -0.3 is 11.1 Å². The molecular weight excluding hydrogens is 306 g/mol. The summed E-state index contributed by atoms with van der Waals surface area (Å²) >= 11 is 1.76. The topological polar surface area (TPSA) is 68.0 Å². The molecule has 1 aromatic heterocycles. The molecule has 1 aliphatic rings. The summed E-state index contributed by atoms with van der Waals surface area (Å²) in [5.41, 5.74) is 6.82. The van der Waals surface area contributed by atoms with Crippen LogP contribution in [0, 0.1) is 0 Å². The molecule has 0 saturated heterocycles. The van der Waals surface area contributed by atoms with Crippen LogP contribution in [0.25, 0.3) is 10.2 Å². The number of nitrogens with one attached hydrogen (secondary N) is 1. The average Bonchev–Trinajstić information content (AvgIpc) is 3.18. The first-order valence-electron chi connectivity index (χ1n) is 8.56. The fourth-order valence-electron chi connectivity index (χ4n) is 3.38. The lowest BCUT2D eigenvalue weighted by Crippen LogP contribution is -2.51. The number of nitrogens with zero attached hydrogens (tertiary/aromatic N) is 1. The molecular formula is C18H25N3OS. The Hall–Kier alpha value is -1.46. The first-order chi connectivity index (χ1) is 11.2. The lowest BCUT2D eigenvalue weighted by molar-refractivity contribution is -0.123. The van der Waals surface area contributed by atoms with Crippen LogP contribution in [-0.2, 0) is 11.2 Å². The van der Waals surface area contributed by atoms with Crippen molar-refractivity contribution >= 4 is 27.5 Å². The van der Waals surface area contributed by atoms with Crippen molar-refractivity contribution in [2.45, 2.75) is 56.9 Å². The van der Waals surface area contributed by atoms with Crippen LogP contribution in [0.4, 0.5) is 0 Å². The molecule has 0 atom stereocenters. The summed E-state index contributed by atoms with van der Waals surface area (Å²) in [6, 6.07) is 8.23. The van der Waals surface area contributed by atoms with Gasteiger partial charge >= 0.3 is 0 Å². The molecule has 5 heteroatoms. The number of unbranched alkanes of at least 4 members (excludes halogenated alkanes) is 1. The maximum atomic E-state index is 12.1. The van der Waals surface area contributed by atoms with Gasteiger partial charge in [-0.15, -0.1) is 11.3 Å². The first kappa shape index (κ1) is 16.4. The van der Waals surface area contributed by atoms with Crippen LogP contribution in [-0.4, -0.2) is 23.0 Å². The van der Waals surface area contributed by atoms with E-state index in [1.54, 1.807) is 11.3 Å². The average molecular weight is 331 g/mol. The Bertz CT molecular complexity index is 628. The molecule has 0 spiro atoms. The fourth-order valence-corrected chi connectivity index (χ4v) is 4.39. The highest BCUT2D eigenvalue weighted by Crippen LogP contribution is 2.28. The number of para-hydroxylation sites is 1. The Labute approximate surface area is 141 Å². The van der Waals surface area contributed by atoms with E-state index in [9.17, 15) is 4.79 Å². The standard InChI is InChI=1S/C18H25N3OS/c19-13-18(11-5-6-12-18)21-16(22)9-3-4-10-17-20-14-7-1-2-8-15(14)23-17/h1-2,7-8H,3-6,9-13,19H2,(H,21,22). The van der Waals surface area contributed by atoms with Gasteiger partial charge in [-0.1, -0.05) is 25.0 Å². The van der Waals surface area contributed by atoms with Gasteiger partial charge in [0.05, 0.1) is 20.8 Å². The highest BCUT2D eigenvalue weighted by molar-refractivity contribution is 7.18. The van der Waals surface area contributed by atoms with Crippen LogP contribution < -0.4 is 11.1 Å². The Morgan fingerprint density at radius 1 is 1.26 bits per heavy atom. The monoisotopic (exact) mass is 331 g/mol. The molecule has 1 aromatic carbocycles. The van der Waals surface area contributed by atoms with Crippen LogP contribution >= 0.6 is 11.3 Å². The molecule has 3 N–H and O–H groups in total. The number of amides is 1. The van der Waals surface area contributed by atoms with Crippen molar-refractivity contribution in [1.82, 2.24) is 10.3 Å². The van der Waals surface area contributed by atoms with Crippen LogP contribution in [0.3, 0.4) is 0 Å². The predicted octanol–water partition coefficient (Wildman–Crippen LogP) is 3.40. The third kappa shape index (κ3) is 4.09. The minimum Gasteiger partial charge on any atom is -0.349 e. The van der Waals surface area contributed by atoms with E-state index in [0.29, 0.717) is 13.0 Å². The highest BCUT2D eigenvalue weighted by Gasteiger charge is 2.33. The normalized spacial score (nSPS) is 16.7. The Morgan fingerprint density at radius 3 is 2.78 bits per heavy atom. The largest absolute Gasteiger partial charge is 0.349 e. The molecule has 23 heavy (non-hydrogen) atoms. The van der Waals surface area contributed by atoms with Crippen molar-refractivity contribution in [2.24, 2.45) is 5.73 Å². The minimum atomic E-state index is -0.121. The zero-order valence-electron chi connectivity index (χ0n) is 13.5. The summed E-state index contributed by atoms with van der Waals surface area (Å²) < 4.78 is 1.24. The van der Waals surface area contributed by atoms with Gasteiger partial charge in [0.25, 0.3) is 0 Å². The molecule has 4 nitrogen and oxygen atoms in total. The quantitative estimate of drug-likeness (QED) is 0.764. The van der Waals surface area contributed by atoms with Crippen LogP contribution in [0.15, 0.2) is 24.3 Å². The Morgan fingerprint density at radius 2 is 2.04 bits per heavy atom. The molecule has 3 rings (SSSR count). The molecule has 0 aliphatic heterocycles. The molecule has 1 heterocycles. The van der Waals surface area contributed by atoms with Gasteiger partial charge in [-0.25, -0.2) is 4.98 Å². The van der Waals surface area contributed by atoms with Crippen molar-refractivity contribution in [1.29, 1.82) is 0 Å². The zero-order chi connectivity index (χ0) is 16.1. The van der Waals surface area contributed by atoms with Gasteiger partial charge in [-0.05, 0) is 44.2 Å². The summed E-state index contributed by atoms with van der Waals surface area (Å²) in [6.07, 6.45) is 7.86. The van der Waals surface area contributed by atoms with Crippen LogP contribution in [0.2, 0.25) is 0 Å². The predicted molar refractivity (Wildman–Crippen MR) is 95.6 cm³/mol. The number of hydrogen-bond acceptors (Lipinski definition) is 4. The molecule has 124 valence electrons. The molecule has 0 bridgehead atoms. The number of thiazole rings is 1. The van der Waals surface area contributed by atoms with E-state index in [-0.39, 0.29) is 11.4 Å². The summed E-state index contributed by atoms with van der Waals surface area (Å²) in [6.45, 7) is 0.560. The summed E-state index contributed by atoms with van der Waals surface area (Å²) in [5.74, 6) is 0.154. The number of benzene rings is 1. The second-order valence-electron chi connectivity index (χ2n) is 6.52. The third-order valence-corrected chi connectivity index (χ3v) is 5.83. The number of fused-ring (bicyclic) bond motifs is 1. The summed E-state index contributed by atoms with van der Waals surface area (Å²) in [7, 11) is 0. The molecule has 1 aliphatic carbocycles. The van der Waals surface area contributed by atoms with E-state index in [0.717, 1.165) is 37.6 Å². The summed E-state index contributed by atoms with van der Waals surface area (Å²) in [4.78, 5) is 16.8. The second kappa shape index (κ2) is 7.41. The van der Waals surface area contributed by atoms with Gasteiger partial charge in [-0.2, -0.15) is 0 Å². The Balaban J connectivity index is 1.41. The number of carbonyl (C=O) groups excluding carboxylic acids is 1. The van der Waals surface area contributed by atoms with Crippen molar-refractivity contribution in [2.75, 3.05) is 6.54 Å². The third-order valence-electron chi connectivity index (χ3n) is 4.74. The van der Waals surface area contributed by atoms with E-state index >= 15 is 0 Å². The van der Waals surface area contributed by atoms with Gasteiger partial charge in [0.15, 0.2) is 0 Å².